The summed E-state index contributed by atoms with van der Waals surface area (Å²) in [5.74, 6) is 0.274. The first-order valence-corrected chi connectivity index (χ1v) is 11.8. The van der Waals surface area contributed by atoms with Crippen LogP contribution in [0, 0.1) is 0 Å². The number of amidine groups is 1. The van der Waals surface area contributed by atoms with Gasteiger partial charge in [-0.1, -0.05) is 12.1 Å². The van der Waals surface area contributed by atoms with Gasteiger partial charge in [0.2, 0.25) is 0 Å². The van der Waals surface area contributed by atoms with Crippen LogP contribution < -0.4 is 4.74 Å². The number of nitrogens with zero attached hydrogens (tertiary/aromatic N) is 3. The number of esters is 1. The molecule has 2 aliphatic heterocycles. The van der Waals surface area contributed by atoms with Crippen molar-refractivity contribution in [1.82, 2.24) is 9.80 Å². The Morgan fingerprint density at radius 1 is 1.06 bits per heavy atom. The molecule has 0 spiro atoms. The van der Waals surface area contributed by atoms with Crippen molar-refractivity contribution in [3.05, 3.63) is 64.6 Å². The first-order chi connectivity index (χ1) is 16.6. The van der Waals surface area contributed by atoms with E-state index >= 15 is 0 Å². The first kappa shape index (κ1) is 24.0. The molecule has 0 radical (unpaired) electrons. The normalized spacial score (nSPS) is 19.1. The summed E-state index contributed by atoms with van der Waals surface area (Å²) < 4.78 is 15.4. The second-order valence-corrected chi connectivity index (χ2v) is 8.74. The number of carbonyl (C=O) groups excluding carboxylic acids is 2. The van der Waals surface area contributed by atoms with Gasteiger partial charge in [-0.3, -0.25) is 14.6 Å². The molecule has 2 aliphatic rings. The van der Waals surface area contributed by atoms with Crippen LogP contribution in [0.4, 0.5) is 5.69 Å². The van der Waals surface area contributed by atoms with Crippen molar-refractivity contribution >= 4 is 40.6 Å². The summed E-state index contributed by atoms with van der Waals surface area (Å²) in [6.07, 6.45) is 1.83. The average molecular weight is 482 g/mol. The third-order valence-electron chi connectivity index (χ3n) is 5.56. The molecule has 2 fully saturated rings. The summed E-state index contributed by atoms with van der Waals surface area (Å²) in [5.41, 5.74) is 2.03. The summed E-state index contributed by atoms with van der Waals surface area (Å²) in [4.78, 5) is 34.4. The SMILES string of the molecule is COC(=O)c1ccc(C=C2SC(=Nc3ccc(OC)cc3)N(CCN3CCOCC3)C2=O)cc1. The maximum absolute atomic E-state index is 13.3. The van der Waals surface area contributed by atoms with Gasteiger partial charge in [-0.05, 0) is 59.8 Å². The molecule has 2 heterocycles. The van der Waals surface area contributed by atoms with Crippen LogP contribution in [0.2, 0.25) is 0 Å². The Kier molecular flexibility index (Phi) is 7.99. The van der Waals surface area contributed by atoms with E-state index < -0.39 is 5.97 Å². The van der Waals surface area contributed by atoms with Crippen LogP contribution >= 0.6 is 11.8 Å². The van der Waals surface area contributed by atoms with Gasteiger partial charge in [0.05, 0.1) is 43.6 Å². The summed E-state index contributed by atoms with van der Waals surface area (Å²) >= 11 is 1.35. The largest absolute Gasteiger partial charge is 0.497 e. The highest BCUT2D eigenvalue weighted by Gasteiger charge is 2.33. The summed E-state index contributed by atoms with van der Waals surface area (Å²) in [7, 11) is 2.97. The molecule has 1 amide bonds. The number of hydrogen-bond donors (Lipinski definition) is 0. The maximum Gasteiger partial charge on any atom is 0.337 e. The smallest absolute Gasteiger partial charge is 0.337 e. The number of aliphatic imine (C=N–C) groups is 1. The summed E-state index contributed by atoms with van der Waals surface area (Å²) in [6.45, 7) is 4.42. The molecule has 2 aromatic carbocycles. The Hall–Kier alpha value is -3.14. The maximum atomic E-state index is 13.3. The second-order valence-electron chi connectivity index (χ2n) is 7.73. The molecule has 34 heavy (non-hydrogen) atoms. The van der Waals surface area contributed by atoms with E-state index in [9.17, 15) is 9.59 Å². The zero-order chi connectivity index (χ0) is 23.9. The lowest BCUT2D eigenvalue weighted by atomic mass is 10.1. The summed E-state index contributed by atoms with van der Waals surface area (Å²) in [6, 6.07) is 14.4. The van der Waals surface area contributed by atoms with E-state index in [1.165, 1.54) is 18.9 Å². The van der Waals surface area contributed by atoms with Crippen LogP contribution in [0.1, 0.15) is 15.9 Å². The molecular formula is C25H27N3O5S. The molecule has 0 aliphatic carbocycles. The average Bonchev–Trinajstić information content (AvgIpc) is 3.17. The highest BCUT2D eigenvalue weighted by Crippen LogP contribution is 2.34. The number of rotatable bonds is 7. The Morgan fingerprint density at radius 3 is 2.41 bits per heavy atom. The molecule has 178 valence electrons. The van der Waals surface area contributed by atoms with E-state index in [-0.39, 0.29) is 5.91 Å². The molecule has 0 bridgehead atoms. The van der Waals surface area contributed by atoms with Crippen LogP contribution in [-0.2, 0) is 14.3 Å². The lowest BCUT2D eigenvalue weighted by Crippen LogP contribution is -2.42. The molecule has 9 heteroatoms. The number of ether oxygens (including phenoxy) is 3. The van der Waals surface area contributed by atoms with Crippen molar-refractivity contribution in [3.63, 3.8) is 0 Å². The van der Waals surface area contributed by atoms with Crippen molar-refractivity contribution in [2.24, 2.45) is 4.99 Å². The molecule has 0 aromatic heterocycles. The minimum absolute atomic E-state index is 0.0810. The number of hydrogen-bond acceptors (Lipinski definition) is 8. The number of benzene rings is 2. The number of carbonyl (C=O) groups is 2. The Bertz CT molecular complexity index is 1080. The van der Waals surface area contributed by atoms with E-state index in [4.69, 9.17) is 19.2 Å². The zero-order valence-corrected chi connectivity index (χ0v) is 20.0. The monoisotopic (exact) mass is 481 g/mol. The second kappa shape index (κ2) is 11.3. The third kappa shape index (κ3) is 5.85. The Balaban J connectivity index is 1.57. The van der Waals surface area contributed by atoms with E-state index in [0.29, 0.717) is 35.4 Å². The fraction of sp³-hybridized carbons (Fsp3) is 0.320. The first-order valence-electron chi connectivity index (χ1n) is 11.0. The molecule has 0 N–H and O–H groups in total. The van der Waals surface area contributed by atoms with Gasteiger partial charge in [0.15, 0.2) is 5.17 Å². The van der Waals surface area contributed by atoms with Crippen molar-refractivity contribution in [2.75, 3.05) is 53.6 Å². The van der Waals surface area contributed by atoms with Crippen LogP contribution in [0.15, 0.2) is 58.4 Å². The third-order valence-corrected chi connectivity index (χ3v) is 6.56. The van der Waals surface area contributed by atoms with Crippen molar-refractivity contribution in [2.45, 2.75) is 0 Å². The van der Waals surface area contributed by atoms with E-state index in [2.05, 4.69) is 4.90 Å². The lowest BCUT2D eigenvalue weighted by Gasteiger charge is -2.28. The van der Waals surface area contributed by atoms with Gasteiger partial charge < -0.3 is 14.2 Å². The van der Waals surface area contributed by atoms with Gasteiger partial charge in [-0.2, -0.15) is 0 Å². The van der Waals surface area contributed by atoms with Gasteiger partial charge in [0, 0.05) is 26.2 Å². The molecule has 8 nitrogen and oxygen atoms in total. The van der Waals surface area contributed by atoms with Gasteiger partial charge >= 0.3 is 5.97 Å². The topological polar surface area (TPSA) is 80.7 Å². The highest BCUT2D eigenvalue weighted by atomic mass is 32.2. The minimum atomic E-state index is -0.395. The van der Waals surface area contributed by atoms with Gasteiger partial charge in [-0.15, -0.1) is 0 Å². The van der Waals surface area contributed by atoms with Crippen molar-refractivity contribution in [1.29, 1.82) is 0 Å². The van der Waals surface area contributed by atoms with Gasteiger partial charge in [0.25, 0.3) is 5.91 Å². The number of thioether (sulfide) groups is 1. The molecule has 4 rings (SSSR count). The predicted molar refractivity (Wildman–Crippen MR) is 132 cm³/mol. The van der Waals surface area contributed by atoms with Crippen molar-refractivity contribution in [3.8, 4) is 5.75 Å². The zero-order valence-electron chi connectivity index (χ0n) is 19.2. The standard InChI is InChI=1S/C25H27N3O5S/c1-31-21-9-7-20(8-10-21)26-25-28(12-11-27-13-15-33-16-14-27)23(29)22(34-25)17-18-3-5-19(6-4-18)24(30)32-2/h3-10,17H,11-16H2,1-2H3. The fourth-order valence-electron chi connectivity index (χ4n) is 3.61. The summed E-state index contributed by atoms with van der Waals surface area (Å²) in [5, 5.41) is 0.640. The number of methoxy groups -OCH3 is 2. The fourth-order valence-corrected chi connectivity index (χ4v) is 4.63. The quantitative estimate of drug-likeness (QED) is 0.443. The highest BCUT2D eigenvalue weighted by molar-refractivity contribution is 8.18. The molecule has 2 aromatic rings. The van der Waals surface area contributed by atoms with Crippen LogP contribution in [-0.4, -0.2) is 80.5 Å². The lowest BCUT2D eigenvalue weighted by molar-refractivity contribution is -0.122. The van der Waals surface area contributed by atoms with E-state index in [0.717, 1.165) is 36.6 Å². The molecule has 0 saturated carbocycles. The van der Waals surface area contributed by atoms with E-state index in [1.54, 1.807) is 36.3 Å². The number of amides is 1. The number of morpholine rings is 1. The minimum Gasteiger partial charge on any atom is -0.497 e. The van der Waals surface area contributed by atoms with Crippen LogP contribution in [0.25, 0.3) is 6.08 Å². The molecule has 0 unspecified atom stereocenters. The Morgan fingerprint density at radius 2 is 1.76 bits per heavy atom. The molecule has 0 atom stereocenters. The van der Waals surface area contributed by atoms with E-state index in [1.807, 2.05) is 30.3 Å². The van der Waals surface area contributed by atoms with Gasteiger partial charge in [-0.25, -0.2) is 9.79 Å². The predicted octanol–water partition coefficient (Wildman–Crippen LogP) is 3.42. The van der Waals surface area contributed by atoms with Crippen LogP contribution in [0.3, 0.4) is 0 Å². The molecular weight excluding hydrogens is 454 g/mol. The van der Waals surface area contributed by atoms with Gasteiger partial charge in [0.1, 0.15) is 5.75 Å². The van der Waals surface area contributed by atoms with Crippen molar-refractivity contribution < 1.29 is 23.8 Å². The Labute approximate surface area is 203 Å². The van der Waals surface area contributed by atoms with Crippen LogP contribution in [0.5, 0.6) is 5.75 Å². The molecule has 2 saturated heterocycles.